The van der Waals surface area contributed by atoms with Crippen LogP contribution in [0.4, 0.5) is 0 Å². The van der Waals surface area contributed by atoms with Gasteiger partial charge in [0.1, 0.15) is 5.70 Å². The predicted molar refractivity (Wildman–Crippen MR) is 53.1 cm³/mol. The van der Waals surface area contributed by atoms with Crippen molar-refractivity contribution in [2.45, 2.75) is 6.92 Å². The molecule has 0 atom stereocenters. The van der Waals surface area contributed by atoms with E-state index in [0.717, 1.165) is 5.71 Å². The zero-order valence-corrected chi connectivity index (χ0v) is 7.52. The molecule has 0 amide bonds. The van der Waals surface area contributed by atoms with Gasteiger partial charge in [-0.1, -0.05) is 18.2 Å². The largest absolute Gasteiger partial charge is 0.299 e. The normalized spacial score (nSPS) is 20.5. The SMILES string of the molecule is C=C/C(Cl)=C1/N=C(C)C=CC1=N. The highest BCUT2D eigenvalue weighted by Crippen LogP contribution is 2.16. The van der Waals surface area contributed by atoms with Crippen LogP contribution in [-0.2, 0) is 0 Å². The van der Waals surface area contributed by atoms with Gasteiger partial charge in [0.2, 0.25) is 0 Å². The Morgan fingerprint density at radius 1 is 1.67 bits per heavy atom. The third-order valence-corrected chi connectivity index (χ3v) is 1.77. The van der Waals surface area contributed by atoms with E-state index in [1.807, 2.05) is 6.92 Å². The summed E-state index contributed by atoms with van der Waals surface area (Å²) in [5.74, 6) is 0. The molecule has 2 nitrogen and oxygen atoms in total. The summed E-state index contributed by atoms with van der Waals surface area (Å²) in [6.45, 7) is 5.37. The molecule has 0 bridgehead atoms. The third-order valence-electron chi connectivity index (χ3n) is 1.44. The van der Waals surface area contributed by atoms with Crippen LogP contribution < -0.4 is 0 Å². The fourth-order valence-electron chi connectivity index (χ4n) is 0.835. The molecule has 0 spiro atoms. The topological polar surface area (TPSA) is 36.2 Å². The molecule has 0 radical (unpaired) electrons. The number of rotatable bonds is 1. The second kappa shape index (κ2) is 3.50. The lowest BCUT2D eigenvalue weighted by Gasteiger charge is -2.07. The standard InChI is InChI=1S/C9H9ClN2/c1-3-7(10)9-8(11)5-4-6(2)12-9/h3-5,11H,1H2,2H3/b9-7-,11-8?. The molecule has 62 valence electrons. The molecule has 0 unspecified atom stereocenters. The number of dihydropyridines is 1. The third kappa shape index (κ3) is 1.71. The van der Waals surface area contributed by atoms with Crippen LogP contribution >= 0.6 is 11.6 Å². The second-order valence-corrected chi connectivity index (χ2v) is 2.81. The Bertz CT molecular complexity index is 321. The van der Waals surface area contributed by atoms with Gasteiger partial charge in [-0.15, -0.1) is 0 Å². The number of allylic oxidation sites excluding steroid dienone is 4. The first-order valence-corrected chi connectivity index (χ1v) is 3.87. The molecular weight excluding hydrogens is 172 g/mol. The summed E-state index contributed by atoms with van der Waals surface area (Å²) >= 11 is 5.78. The van der Waals surface area contributed by atoms with Gasteiger partial charge in [0.25, 0.3) is 0 Å². The summed E-state index contributed by atoms with van der Waals surface area (Å²) in [6.07, 6.45) is 4.93. The van der Waals surface area contributed by atoms with Crippen molar-refractivity contribution in [3.63, 3.8) is 0 Å². The van der Waals surface area contributed by atoms with Gasteiger partial charge in [0, 0.05) is 5.71 Å². The molecule has 1 aliphatic heterocycles. The molecule has 1 aliphatic rings. The highest BCUT2D eigenvalue weighted by molar-refractivity contribution is 6.34. The van der Waals surface area contributed by atoms with Crippen molar-refractivity contribution in [3.8, 4) is 0 Å². The lowest BCUT2D eigenvalue weighted by Crippen LogP contribution is -2.05. The van der Waals surface area contributed by atoms with Crippen LogP contribution in [0.25, 0.3) is 0 Å². The zero-order valence-electron chi connectivity index (χ0n) is 6.76. The summed E-state index contributed by atoms with van der Waals surface area (Å²) in [5, 5.41) is 7.91. The number of nitrogens with zero attached hydrogens (tertiary/aromatic N) is 1. The van der Waals surface area contributed by atoms with E-state index in [4.69, 9.17) is 17.0 Å². The smallest absolute Gasteiger partial charge is 0.107 e. The second-order valence-electron chi connectivity index (χ2n) is 2.40. The van der Waals surface area contributed by atoms with Gasteiger partial charge in [0.05, 0.1) is 10.7 Å². The molecule has 1 N–H and O–H groups in total. The highest BCUT2D eigenvalue weighted by atomic mass is 35.5. The van der Waals surface area contributed by atoms with Crippen LogP contribution in [-0.4, -0.2) is 11.4 Å². The maximum Gasteiger partial charge on any atom is 0.107 e. The van der Waals surface area contributed by atoms with Gasteiger partial charge in [0.15, 0.2) is 0 Å². The van der Waals surface area contributed by atoms with Gasteiger partial charge in [-0.25, -0.2) is 4.99 Å². The Morgan fingerprint density at radius 2 is 2.33 bits per heavy atom. The number of hydrogen-bond acceptors (Lipinski definition) is 2. The fraction of sp³-hybridized carbons (Fsp3) is 0.111. The van der Waals surface area contributed by atoms with E-state index in [1.54, 1.807) is 12.2 Å². The van der Waals surface area contributed by atoms with E-state index >= 15 is 0 Å². The van der Waals surface area contributed by atoms with E-state index in [-0.39, 0.29) is 0 Å². The van der Waals surface area contributed by atoms with Crippen molar-refractivity contribution in [2.24, 2.45) is 4.99 Å². The monoisotopic (exact) mass is 180 g/mol. The maximum atomic E-state index is 7.49. The van der Waals surface area contributed by atoms with Gasteiger partial charge in [-0.2, -0.15) is 0 Å². The first-order chi connectivity index (χ1) is 5.65. The van der Waals surface area contributed by atoms with Gasteiger partial charge in [-0.05, 0) is 25.2 Å². The first-order valence-electron chi connectivity index (χ1n) is 3.49. The van der Waals surface area contributed by atoms with Crippen molar-refractivity contribution in [2.75, 3.05) is 0 Å². The summed E-state index contributed by atoms with van der Waals surface area (Å²) in [4.78, 5) is 4.12. The van der Waals surface area contributed by atoms with Crippen LogP contribution in [0, 0.1) is 5.41 Å². The van der Waals surface area contributed by atoms with Gasteiger partial charge in [-0.3, -0.25) is 5.41 Å². The van der Waals surface area contributed by atoms with Crippen LogP contribution in [0.3, 0.4) is 0 Å². The molecular formula is C9H9ClN2. The average Bonchev–Trinajstić information content (AvgIpc) is 2.08. The van der Waals surface area contributed by atoms with Gasteiger partial charge >= 0.3 is 0 Å². The van der Waals surface area contributed by atoms with Crippen molar-refractivity contribution < 1.29 is 0 Å². The Hall–Kier alpha value is -1.15. The summed E-state index contributed by atoms with van der Waals surface area (Å²) < 4.78 is 0. The molecule has 0 saturated carbocycles. The van der Waals surface area contributed by atoms with E-state index in [0.29, 0.717) is 16.4 Å². The molecule has 0 aliphatic carbocycles. The number of nitrogens with one attached hydrogen (secondary N) is 1. The molecule has 1 rings (SSSR count). The molecule has 12 heavy (non-hydrogen) atoms. The van der Waals surface area contributed by atoms with E-state index in [9.17, 15) is 0 Å². The molecule has 0 saturated heterocycles. The van der Waals surface area contributed by atoms with Crippen molar-refractivity contribution >= 4 is 23.0 Å². The Labute approximate surface area is 76.5 Å². The molecule has 0 aromatic rings. The quantitative estimate of drug-likeness (QED) is 0.644. The minimum absolute atomic E-state index is 0.325. The van der Waals surface area contributed by atoms with Crippen LogP contribution in [0.5, 0.6) is 0 Å². The number of aliphatic imine (C=N–C) groups is 1. The van der Waals surface area contributed by atoms with Crippen molar-refractivity contribution in [1.82, 2.24) is 0 Å². The molecule has 0 fully saturated rings. The number of hydrogen-bond donors (Lipinski definition) is 1. The molecule has 3 heteroatoms. The van der Waals surface area contributed by atoms with Crippen LogP contribution in [0.1, 0.15) is 6.92 Å². The first kappa shape index (κ1) is 8.94. The molecule has 0 aromatic heterocycles. The summed E-state index contributed by atoms with van der Waals surface area (Å²) in [7, 11) is 0. The maximum absolute atomic E-state index is 7.49. The Kier molecular flexibility index (Phi) is 2.61. The summed E-state index contributed by atoms with van der Waals surface area (Å²) in [5.41, 5.74) is 1.66. The van der Waals surface area contributed by atoms with Crippen LogP contribution in [0.2, 0.25) is 0 Å². The average molecular weight is 181 g/mol. The van der Waals surface area contributed by atoms with E-state index in [1.165, 1.54) is 6.08 Å². The van der Waals surface area contributed by atoms with Crippen LogP contribution in [0.15, 0.2) is 40.5 Å². The van der Waals surface area contributed by atoms with Crippen molar-refractivity contribution in [3.05, 3.63) is 35.5 Å². The zero-order chi connectivity index (χ0) is 9.14. The van der Waals surface area contributed by atoms with Crippen molar-refractivity contribution in [1.29, 1.82) is 5.41 Å². The van der Waals surface area contributed by atoms with E-state index in [2.05, 4.69) is 11.6 Å². The minimum Gasteiger partial charge on any atom is -0.299 e. The minimum atomic E-state index is 0.325. The fourth-order valence-corrected chi connectivity index (χ4v) is 0.980. The lowest BCUT2D eigenvalue weighted by molar-refractivity contribution is 1.36. The number of halogens is 1. The molecule has 1 heterocycles. The molecule has 0 aromatic carbocycles. The predicted octanol–water partition coefficient (Wildman–Crippen LogP) is 2.67. The van der Waals surface area contributed by atoms with E-state index < -0.39 is 0 Å². The van der Waals surface area contributed by atoms with Gasteiger partial charge < -0.3 is 0 Å². The lowest BCUT2D eigenvalue weighted by atomic mass is 10.1. The Balaban J connectivity index is 3.16. The summed E-state index contributed by atoms with van der Waals surface area (Å²) in [6, 6.07) is 0. The Morgan fingerprint density at radius 3 is 2.92 bits per heavy atom. The highest BCUT2D eigenvalue weighted by Gasteiger charge is 2.08.